The van der Waals surface area contributed by atoms with Crippen molar-refractivity contribution in [1.29, 1.82) is 5.26 Å². The highest BCUT2D eigenvalue weighted by molar-refractivity contribution is 6.31. The van der Waals surface area contributed by atoms with Crippen LogP contribution in [-0.4, -0.2) is 4.98 Å². The Morgan fingerprint density at radius 2 is 2.24 bits per heavy atom. The summed E-state index contributed by atoms with van der Waals surface area (Å²) in [4.78, 5) is 4.67. The van der Waals surface area contributed by atoms with Crippen LogP contribution in [0.1, 0.15) is 23.2 Å². The number of rotatable bonds is 1. The van der Waals surface area contributed by atoms with Gasteiger partial charge in [0, 0.05) is 16.1 Å². The molecule has 1 heterocycles. The number of halogens is 1. The molecule has 0 aliphatic heterocycles. The number of hydrogen-bond acceptors (Lipinski definition) is 2. The van der Waals surface area contributed by atoms with Crippen molar-refractivity contribution in [1.82, 2.24) is 4.98 Å². The molecular formula is C14H11ClN2. The van der Waals surface area contributed by atoms with Crippen LogP contribution in [0.5, 0.6) is 0 Å². The molecule has 1 aliphatic carbocycles. The van der Waals surface area contributed by atoms with E-state index in [0.717, 1.165) is 35.7 Å². The van der Waals surface area contributed by atoms with Crippen molar-refractivity contribution in [3.63, 3.8) is 0 Å². The van der Waals surface area contributed by atoms with Crippen molar-refractivity contribution < 1.29 is 0 Å². The van der Waals surface area contributed by atoms with E-state index in [1.165, 1.54) is 11.3 Å². The molecule has 0 radical (unpaired) electrons. The van der Waals surface area contributed by atoms with Gasteiger partial charge in [-0.25, -0.2) is 0 Å². The first-order chi connectivity index (χ1) is 8.29. The summed E-state index contributed by atoms with van der Waals surface area (Å²) >= 11 is 6.03. The van der Waals surface area contributed by atoms with Crippen LogP contribution in [0, 0.1) is 11.3 Å². The number of fused-ring (bicyclic) bond motifs is 2. The van der Waals surface area contributed by atoms with Crippen LogP contribution in [-0.2, 0) is 19.3 Å². The smallest absolute Gasteiger partial charge is 0.0709 e. The minimum absolute atomic E-state index is 0.446. The normalized spacial score (nSPS) is 13.6. The van der Waals surface area contributed by atoms with Crippen molar-refractivity contribution in [3.8, 4) is 6.07 Å². The number of pyridine rings is 1. The number of hydrogen-bond donors (Lipinski definition) is 0. The highest BCUT2D eigenvalue weighted by Gasteiger charge is 2.19. The van der Waals surface area contributed by atoms with Gasteiger partial charge in [-0.1, -0.05) is 11.6 Å². The minimum atomic E-state index is 0.446. The summed E-state index contributed by atoms with van der Waals surface area (Å²) in [7, 11) is 0. The Hall–Kier alpha value is -1.59. The SMILES string of the molecule is N#CCc1c2c(nc3ccc(Cl)cc13)CCC2. The number of benzene rings is 1. The van der Waals surface area contributed by atoms with E-state index in [1.54, 1.807) is 0 Å². The first kappa shape index (κ1) is 10.6. The zero-order valence-electron chi connectivity index (χ0n) is 9.33. The Morgan fingerprint density at radius 3 is 3.06 bits per heavy atom. The molecule has 2 aromatic rings. The van der Waals surface area contributed by atoms with Gasteiger partial charge in [-0.3, -0.25) is 4.98 Å². The van der Waals surface area contributed by atoms with Crippen molar-refractivity contribution in [3.05, 3.63) is 40.0 Å². The summed E-state index contributed by atoms with van der Waals surface area (Å²) in [5.74, 6) is 0. The molecule has 3 rings (SSSR count). The van der Waals surface area contributed by atoms with Crippen LogP contribution in [0.25, 0.3) is 10.9 Å². The Kier molecular flexibility index (Phi) is 2.49. The molecule has 1 aliphatic rings. The van der Waals surface area contributed by atoms with Gasteiger partial charge in [0.1, 0.15) is 0 Å². The maximum atomic E-state index is 8.98. The molecule has 0 saturated carbocycles. The Balaban J connectivity index is 2.37. The van der Waals surface area contributed by atoms with Crippen LogP contribution >= 0.6 is 11.6 Å². The molecule has 3 heteroatoms. The van der Waals surface area contributed by atoms with E-state index in [9.17, 15) is 0 Å². The lowest BCUT2D eigenvalue weighted by Crippen LogP contribution is -1.98. The Bertz CT molecular complexity index is 641. The van der Waals surface area contributed by atoms with Crippen molar-refractivity contribution >= 4 is 22.5 Å². The molecule has 0 atom stereocenters. The van der Waals surface area contributed by atoms with Gasteiger partial charge in [0.15, 0.2) is 0 Å². The fourth-order valence-electron chi connectivity index (χ4n) is 2.61. The summed E-state index contributed by atoms with van der Waals surface area (Å²) in [5, 5.41) is 10.7. The Labute approximate surface area is 105 Å². The van der Waals surface area contributed by atoms with Gasteiger partial charge in [0.2, 0.25) is 0 Å². The molecule has 2 nitrogen and oxygen atoms in total. The second kappa shape index (κ2) is 4.01. The molecule has 0 bridgehead atoms. The quantitative estimate of drug-likeness (QED) is 0.768. The van der Waals surface area contributed by atoms with Gasteiger partial charge in [0.05, 0.1) is 18.0 Å². The molecule has 0 saturated heterocycles. The lowest BCUT2D eigenvalue weighted by Gasteiger charge is -2.09. The standard InChI is InChI=1S/C14H11ClN2/c15-9-4-5-14-12(8-9)10(6-7-16)11-2-1-3-13(11)17-14/h4-5,8H,1-3,6H2. The summed E-state index contributed by atoms with van der Waals surface area (Å²) in [6.07, 6.45) is 3.67. The summed E-state index contributed by atoms with van der Waals surface area (Å²) in [5.41, 5.74) is 4.54. The molecule has 0 amide bonds. The molecule has 1 aromatic heterocycles. The second-order valence-electron chi connectivity index (χ2n) is 4.37. The van der Waals surface area contributed by atoms with Gasteiger partial charge in [-0.2, -0.15) is 5.26 Å². The maximum Gasteiger partial charge on any atom is 0.0709 e. The fraction of sp³-hybridized carbons (Fsp3) is 0.286. The first-order valence-corrected chi connectivity index (χ1v) is 6.14. The van der Waals surface area contributed by atoms with Gasteiger partial charge in [0.25, 0.3) is 0 Å². The van der Waals surface area contributed by atoms with Crippen LogP contribution in [0.4, 0.5) is 0 Å². The third kappa shape index (κ3) is 1.67. The van der Waals surface area contributed by atoms with Gasteiger partial charge < -0.3 is 0 Å². The number of aryl methyl sites for hydroxylation is 1. The van der Waals surface area contributed by atoms with E-state index in [1.807, 2.05) is 18.2 Å². The van der Waals surface area contributed by atoms with Gasteiger partial charge in [-0.15, -0.1) is 0 Å². The highest BCUT2D eigenvalue weighted by Crippen LogP contribution is 2.31. The van der Waals surface area contributed by atoms with Crippen molar-refractivity contribution in [2.24, 2.45) is 0 Å². The zero-order chi connectivity index (χ0) is 11.8. The van der Waals surface area contributed by atoms with Gasteiger partial charge in [-0.05, 0) is 48.6 Å². The molecule has 84 valence electrons. The number of aromatic nitrogens is 1. The van der Waals surface area contributed by atoms with Crippen molar-refractivity contribution in [2.45, 2.75) is 25.7 Å². The summed E-state index contributed by atoms with van der Waals surface area (Å²) < 4.78 is 0. The third-order valence-electron chi connectivity index (χ3n) is 3.35. The van der Waals surface area contributed by atoms with Crippen molar-refractivity contribution in [2.75, 3.05) is 0 Å². The molecule has 0 N–H and O–H groups in total. The monoisotopic (exact) mass is 242 g/mol. The third-order valence-corrected chi connectivity index (χ3v) is 3.58. The van der Waals surface area contributed by atoms with Crippen LogP contribution in [0.3, 0.4) is 0 Å². The average Bonchev–Trinajstić information content (AvgIpc) is 2.77. The van der Waals surface area contributed by atoms with E-state index in [0.29, 0.717) is 11.4 Å². The Morgan fingerprint density at radius 1 is 1.35 bits per heavy atom. The fourth-order valence-corrected chi connectivity index (χ4v) is 2.78. The summed E-state index contributed by atoms with van der Waals surface area (Å²) in [6.45, 7) is 0. The first-order valence-electron chi connectivity index (χ1n) is 5.76. The summed E-state index contributed by atoms with van der Waals surface area (Å²) in [6, 6.07) is 7.98. The molecule has 0 fully saturated rings. The zero-order valence-corrected chi connectivity index (χ0v) is 10.1. The minimum Gasteiger partial charge on any atom is -0.253 e. The van der Waals surface area contributed by atoms with Crippen LogP contribution in [0.15, 0.2) is 18.2 Å². The maximum absolute atomic E-state index is 8.98. The number of nitriles is 1. The molecule has 17 heavy (non-hydrogen) atoms. The number of nitrogens with zero attached hydrogens (tertiary/aromatic N) is 2. The van der Waals surface area contributed by atoms with E-state index in [-0.39, 0.29) is 0 Å². The lowest BCUT2D eigenvalue weighted by molar-refractivity contribution is 0.899. The predicted octanol–water partition coefficient (Wildman–Crippen LogP) is 3.44. The van der Waals surface area contributed by atoms with Gasteiger partial charge >= 0.3 is 0 Å². The topological polar surface area (TPSA) is 36.7 Å². The van der Waals surface area contributed by atoms with E-state index in [4.69, 9.17) is 16.9 Å². The molecule has 1 aromatic carbocycles. The molecule has 0 unspecified atom stereocenters. The van der Waals surface area contributed by atoms with E-state index < -0.39 is 0 Å². The van der Waals surface area contributed by atoms with E-state index >= 15 is 0 Å². The molecular weight excluding hydrogens is 232 g/mol. The average molecular weight is 243 g/mol. The second-order valence-corrected chi connectivity index (χ2v) is 4.80. The van der Waals surface area contributed by atoms with Crippen LogP contribution < -0.4 is 0 Å². The van der Waals surface area contributed by atoms with E-state index in [2.05, 4.69) is 11.1 Å². The largest absolute Gasteiger partial charge is 0.253 e. The highest BCUT2D eigenvalue weighted by atomic mass is 35.5. The lowest BCUT2D eigenvalue weighted by atomic mass is 9.99. The molecule has 0 spiro atoms. The van der Waals surface area contributed by atoms with Crippen LogP contribution in [0.2, 0.25) is 5.02 Å². The predicted molar refractivity (Wildman–Crippen MR) is 68.1 cm³/mol.